The molecule has 0 spiro atoms. The van der Waals surface area contributed by atoms with Crippen LogP contribution in [0.4, 0.5) is 0 Å². The van der Waals surface area contributed by atoms with Gasteiger partial charge in [0.25, 0.3) is 0 Å². The van der Waals surface area contributed by atoms with Crippen molar-refractivity contribution in [3.63, 3.8) is 0 Å². The Bertz CT molecular complexity index is 406. The van der Waals surface area contributed by atoms with Gasteiger partial charge in [-0.25, -0.2) is 0 Å². The second-order valence-electron chi connectivity index (χ2n) is 4.61. The number of carbonyl (C=O) groups is 1. The molecule has 5 heteroatoms. The molecule has 0 saturated heterocycles. The number of benzene rings is 1. The summed E-state index contributed by atoms with van der Waals surface area (Å²) in [5, 5.41) is 3.24. The first-order valence-corrected chi connectivity index (χ1v) is 7.75. The Hall–Kier alpha value is -1.20. The van der Waals surface area contributed by atoms with E-state index in [2.05, 4.69) is 5.32 Å². The standard InChI is InChI=1S/C15H23NO3S/c1-5-19-15(17)14(16-11(2)3)10-20-13-8-6-12(18-4)7-9-13/h6-9,11,14,16H,5,10H2,1-4H3. The third kappa shape index (κ3) is 5.84. The van der Waals surface area contributed by atoms with Gasteiger partial charge < -0.3 is 14.8 Å². The molecule has 20 heavy (non-hydrogen) atoms. The molecule has 0 radical (unpaired) electrons. The van der Waals surface area contributed by atoms with Crippen molar-refractivity contribution < 1.29 is 14.3 Å². The normalized spacial score (nSPS) is 12.2. The number of thioether (sulfide) groups is 1. The SMILES string of the molecule is CCOC(=O)C(CSc1ccc(OC)cc1)NC(C)C. The van der Waals surface area contributed by atoms with Gasteiger partial charge in [-0.2, -0.15) is 0 Å². The van der Waals surface area contributed by atoms with Gasteiger partial charge in [-0.3, -0.25) is 4.79 Å². The maximum Gasteiger partial charge on any atom is 0.324 e. The quantitative estimate of drug-likeness (QED) is 0.590. The number of rotatable bonds is 8. The van der Waals surface area contributed by atoms with Crippen LogP contribution >= 0.6 is 11.8 Å². The molecule has 0 heterocycles. The second kappa shape index (κ2) is 8.87. The average molecular weight is 297 g/mol. The van der Waals surface area contributed by atoms with E-state index < -0.39 is 0 Å². The fourth-order valence-corrected chi connectivity index (χ4v) is 2.60. The monoisotopic (exact) mass is 297 g/mol. The summed E-state index contributed by atoms with van der Waals surface area (Å²) < 4.78 is 10.2. The number of hydrogen-bond donors (Lipinski definition) is 1. The van der Waals surface area contributed by atoms with Gasteiger partial charge in [0, 0.05) is 16.7 Å². The lowest BCUT2D eigenvalue weighted by Gasteiger charge is -2.19. The lowest BCUT2D eigenvalue weighted by molar-refractivity contribution is -0.145. The molecular weight excluding hydrogens is 274 g/mol. The van der Waals surface area contributed by atoms with E-state index in [0.717, 1.165) is 10.6 Å². The Kier molecular flexibility index (Phi) is 7.47. The Morgan fingerprint density at radius 2 is 1.95 bits per heavy atom. The summed E-state index contributed by atoms with van der Waals surface area (Å²) in [7, 11) is 1.64. The Balaban J connectivity index is 2.57. The molecule has 1 rings (SSSR count). The molecular formula is C15H23NO3S. The largest absolute Gasteiger partial charge is 0.497 e. The number of carbonyl (C=O) groups excluding carboxylic acids is 1. The van der Waals surface area contributed by atoms with Crippen molar-refractivity contribution in [2.24, 2.45) is 0 Å². The van der Waals surface area contributed by atoms with Crippen LogP contribution in [0, 0.1) is 0 Å². The molecule has 0 fully saturated rings. The minimum absolute atomic E-state index is 0.192. The molecule has 1 unspecified atom stereocenters. The van der Waals surface area contributed by atoms with Crippen LogP contribution in [0.25, 0.3) is 0 Å². The highest BCUT2D eigenvalue weighted by Gasteiger charge is 2.20. The van der Waals surface area contributed by atoms with Crippen molar-refractivity contribution >= 4 is 17.7 Å². The summed E-state index contributed by atoms with van der Waals surface area (Å²) in [6, 6.07) is 7.75. The topological polar surface area (TPSA) is 47.6 Å². The molecule has 1 atom stereocenters. The summed E-state index contributed by atoms with van der Waals surface area (Å²) >= 11 is 1.63. The number of methoxy groups -OCH3 is 1. The molecule has 0 amide bonds. The van der Waals surface area contributed by atoms with Crippen LogP contribution in [-0.2, 0) is 9.53 Å². The molecule has 112 valence electrons. The van der Waals surface area contributed by atoms with E-state index in [4.69, 9.17) is 9.47 Å². The molecule has 0 aliphatic rings. The number of nitrogens with one attached hydrogen (secondary N) is 1. The number of ether oxygens (including phenoxy) is 2. The summed E-state index contributed by atoms with van der Waals surface area (Å²) in [6.07, 6.45) is 0. The van der Waals surface area contributed by atoms with Gasteiger partial charge in [-0.05, 0) is 31.2 Å². The number of esters is 1. The van der Waals surface area contributed by atoms with Crippen molar-refractivity contribution in [1.29, 1.82) is 0 Å². The van der Waals surface area contributed by atoms with Crippen LogP contribution in [0.2, 0.25) is 0 Å². The molecule has 1 aromatic carbocycles. The lowest BCUT2D eigenvalue weighted by atomic mass is 10.3. The van der Waals surface area contributed by atoms with Gasteiger partial charge in [0.1, 0.15) is 11.8 Å². The Labute approximate surface area is 125 Å². The summed E-state index contributed by atoms with van der Waals surface area (Å²) in [5.41, 5.74) is 0. The molecule has 0 bridgehead atoms. The first-order valence-electron chi connectivity index (χ1n) is 6.76. The van der Waals surface area contributed by atoms with E-state index in [0.29, 0.717) is 12.4 Å². The van der Waals surface area contributed by atoms with Gasteiger partial charge in [0.15, 0.2) is 0 Å². The first kappa shape index (κ1) is 16.9. The minimum atomic E-state index is -0.290. The maximum atomic E-state index is 11.9. The minimum Gasteiger partial charge on any atom is -0.497 e. The summed E-state index contributed by atoms with van der Waals surface area (Å²) in [6.45, 7) is 6.26. The molecule has 4 nitrogen and oxygen atoms in total. The predicted molar refractivity (Wildman–Crippen MR) is 82.4 cm³/mol. The Morgan fingerprint density at radius 3 is 2.45 bits per heavy atom. The van der Waals surface area contributed by atoms with E-state index in [-0.39, 0.29) is 18.1 Å². The van der Waals surface area contributed by atoms with Crippen molar-refractivity contribution in [2.45, 2.75) is 37.8 Å². The zero-order valence-corrected chi connectivity index (χ0v) is 13.3. The highest BCUT2D eigenvalue weighted by Crippen LogP contribution is 2.22. The smallest absolute Gasteiger partial charge is 0.324 e. The third-order valence-electron chi connectivity index (χ3n) is 2.58. The molecule has 0 aliphatic carbocycles. The summed E-state index contributed by atoms with van der Waals surface area (Å²) in [4.78, 5) is 13.0. The van der Waals surface area contributed by atoms with Crippen LogP contribution in [0.1, 0.15) is 20.8 Å². The van der Waals surface area contributed by atoms with Gasteiger partial charge in [0.05, 0.1) is 13.7 Å². The molecule has 0 aliphatic heterocycles. The van der Waals surface area contributed by atoms with Gasteiger partial charge in [0.2, 0.25) is 0 Å². The second-order valence-corrected chi connectivity index (χ2v) is 5.71. The van der Waals surface area contributed by atoms with E-state index >= 15 is 0 Å². The van der Waals surface area contributed by atoms with E-state index in [1.54, 1.807) is 18.9 Å². The van der Waals surface area contributed by atoms with E-state index in [1.165, 1.54) is 0 Å². The predicted octanol–water partition coefficient (Wildman–Crippen LogP) is 2.72. The zero-order valence-electron chi connectivity index (χ0n) is 12.5. The van der Waals surface area contributed by atoms with Crippen LogP contribution in [0.5, 0.6) is 5.75 Å². The summed E-state index contributed by atoms with van der Waals surface area (Å²) in [5.74, 6) is 1.28. The van der Waals surface area contributed by atoms with Crippen molar-refractivity contribution in [3.8, 4) is 5.75 Å². The molecule has 0 aromatic heterocycles. The van der Waals surface area contributed by atoms with Gasteiger partial charge in [-0.15, -0.1) is 11.8 Å². The first-order chi connectivity index (χ1) is 9.56. The van der Waals surface area contributed by atoms with Crippen molar-refractivity contribution in [2.75, 3.05) is 19.5 Å². The van der Waals surface area contributed by atoms with E-state index in [9.17, 15) is 4.79 Å². The van der Waals surface area contributed by atoms with Crippen molar-refractivity contribution in [1.82, 2.24) is 5.32 Å². The average Bonchev–Trinajstić information content (AvgIpc) is 2.43. The van der Waals surface area contributed by atoms with E-state index in [1.807, 2.05) is 45.0 Å². The zero-order chi connectivity index (χ0) is 15.0. The number of hydrogen-bond acceptors (Lipinski definition) is 5. The van der Waals surface area contributed by atoms with Gasteiger partial charge in [-0.1, -0.05) is 13.8 Å². The maximum absolute atomic E-state index is 11.9. The highest BCUT2D eigenvalue weighted by atomic mass is 32.2. The van der Waals surface area contributed by atoms with Crippen molar-refractivity contribution in [3.05, 3.63) is 24.3 Å². The lowest BCUT2D eigenvalue weighted by Crippen LogP contribution is -2.43. The highest BCUT2D eigenvalue weighted by molar-refractivity contribution is 7.99. The third-order valence-corrected chi connectivity index (χ3v) is 3.69. The fraction of sp³-hybridized carbons (Fsp3) is 0.533. The fourth-order valence-electron chi connectivity index (χ4n) is 1.68. The molecule has 1 N–H and O–H groups in total. The molecule has 1 aromatic rings. The Morgan fingerprint density at radius 1 is 1.30 bits per heavy atom. The van der Waals surface area contributed by atoms with Crippen LogP contribution < -0.4 is 10.1 Å². The van der Waals surface area contributed by atoms with Gasteiger partial charge >= 0.3 is 5.97 Å². The van der Waals surface area contributed by atoms with Crippen LogP contribution in [0.3, 0.4) is 0 Å². The molecule has 0 saturated carbocycles. The van der Waals surface area contributed by atoms with Crippen LogP contribution in [0.15, 0.2) is 29.2 Å². The van der Waals surface area contributed by atoms with Crippen LogP contribution in [-0.4, -0.2) is 37.5 Å².